The molecule has 0 radical (unpaired) electrons. The Balaban J connectivity index is 1.71. The highest BCUT2D eigenvalue weighted by Crippen LogP contribution is 2.27. The summed E-state index contributed by atoms with van der Waals surface area (Å²) in [6, 6.07) is 18.8. The minimum absolute atomic E-state index is 0.130. The first-order valence-corrected chi connectivity index (χ1v) is 11.5. The monoisotopic (exact) mass is 448 g/mol. The number of aromatic nitrogens is 4. The summed E-state index contributed by atoms with van der Waals surface area (Å²) in [6.07, 6.45) is 1.62. The summed E-state index contributed by atoms with van der Waals surface area (Å²) < 4.78 is 3.39. The molecule has 0 spiro atoms. The SMILES string of the molecule is Cc1cc(C)c(-n2nc(C)c3ncn(-c4ccc(-c5ccccc5C)cc4C)c(=O)c32)cc1C. The van der Waals surface area contributed by atoms with Crippen LogP contribution in [-0.2, 0) is 0 Å². The van der Waals surface area contributed by atoms with Crippen molar-refractivity contribution in [1.29, 1.82) is 0 Å². The minimum atomic E-state index is -0.130. The van der Waals surface area contributed by atoms with Gasteiger partial charge in [0, 0.05) is 0 Å². The molecule has 5 nitrogen and oxygen atoms in total. The Morgan fingerprint density at radius 2 is 1.41 bits per heavy atom. The van der Waals surface area contributed by atoms with E-state index in [9.17, 15) is 4.79 Å². The molecule has 0 amide bonds. The van der Waals surface area contributed by atoms with Crippen molar-refractivity contribution in [3.05, 3.63) is 105 Å². The van der Waals surface area contributed by atoms with Crippen LogP contribution in [0.15, 0.2) is 65.7 Å². The number of hydrogen-bond acceptors (Lipinski definition) is 3. The van der Waals surface area contributed by atoms with Crippen LogP contribution in [0.5, 0.6) is 0 Å². The Morgan fingerprint density at radius 3 is 2.15 bits per heavy atom. The minimum Gasteiger partial charge on any atom is -0.266 e. The third kappa shape index (κ3) is 3.45. The molecule has 0 saturated heterocycles. The van der Waals surface area contributed by atoms with Gasteiger partial charge in [-0.1, -0.05) is 36.4 Å². The Bertz CT molecular complexity index is 1640. The second-order valence-corrected chi connectivity index (χ2v) is 9.15. The fourth-order valence-corrected chi connectivity index (χ4v) is 4.66. The number of fused-ring (bicyclic) bond motifs is 1. The Labute approximate surface area is 199 Å². The molecule has 3 aromatic carbocycles. The smallest absolute Gasteiger partial charge is 0.266 e. The van der Waals surface area contributed by atoms with E-state index >= 15 is 0 Å². The second kappa shape index (κ2) is 8.10. The molecular weight excluding hydrogens is 420 g/mol. The average molecular weight is 449 g/mol. The van der Waals surface area contributed by atoms with Crippen LogP contribution in [0.4, 0.5) is 0 Å². The summed E-state index contributed by atoms with van der Waals surface area (Å²) in [7, 11) is 0. The van der Waals surface area contributed by atoms with Gasteiger partial charge in [0.05, 0.1) is 17.1 Å². The van der Waals surface area contributed by atoms with Crippen molar-refractivity contribution < 1.29 is 0 Å². The fourth-order valence-electron chi connectivity index (χ4n) is 4.66. The van der Waals surface area contributed by atoms with Crippen molar-refractivity contribution in [2.75, 3.05) is 0 Å². The molecule has 0 N–H and O–H groups in total. The highest BCUT2D eigenvalue weighted by molar-refractivity contribution is 5.79. The molecule has 2 heterocycles. The van der Waals surface area contributed by atoms with Gasteiger partial charge in [-0.3, -0.25) is 9.36 Å². The maximum atomic E-state index is 13.8. The van der Waals surface area contributed by atoms with E-state index in [0.29, 0.717) is 11.0 Å². The quantitative estimate of drug-likeness (QED) is 0.336. The first-order chi connectivity index (χ1) is 16.3. The summed E-state index contributed by atoms with van der Waals surface area (Å²) in [5.74, 6) is 0. The zero-order chi connectivity index (χ0) is 24.1. The van der Waals surface area contributed by atoms with Crippen LogP contribution in [-0.4, -0.2) is 19.3 Å². The van der Waals surface area contributed by atoms with Crippen LogP contribution in [0.1, 0.15) is 33.5 Å². The zero-order valence-corrected chi connectivity index (χ0v) is 20.5. The molecule has 5 rings (SSSR count). The topological polar surface area (TPSA) is 52.7 Å². The molecule has 5 aromatic rings. The van der Waals surface area contributed by atoms with Crippen molar-refractivity contribution in [3.8, 4) is 22.5 Å². The van der Waals surface area contributed by atoms with Crippen molar-refractivity contribution >= 4 is 11.0 Å². The molecule has 0 fully saturated rings. The summed E-state index contributed by atoms with van der Waals surface area (Å²) in [6.45, 7) is 12.3. The molecule has 34 heavy (non-hydrogen) atoms. The summed E-state index contributed by atoms with van der Waals surface area (Å²) in [5, 5.41) is 4.71. The van der Waals surface area contributed by atoms with Crippen molar-refractivity contribution in [1.82, 2.24) is 19.3 Å². The maximum Gasteiger partial charge on any atom is 0.284 e. The molecule has 0 aliphatic rings. The normalized spacial score (nSPS) is 11.4. The third-order valence-electron chi connectivity index (χ3n) is 6.71. The summed E-state index contributed by atoms with van der Waals surface area (Å²) in [5.41, 5.74) is 11.5. The average Bonchev–Trinajstić information content (AvgIpc) is 3.14. The van der Waals surface area contributed by atoms with Gasteiger partial charge in [-0.25, -0.2) is 9.67 Å². The van der Waals surface area contributed by atoms with E-state index in [2.05, 4.69) is 62.2 Å². The highest BCUT2D eigenvalue weighted by atomic mass is 16.1. The van der Waals surface area contributed by atoms with Gasteiger partial charge < -0.3 is 0 Å². The van der Waals surface area contributed by atoms with Crippen LogP contribution < -0.4 is 5.56 Å². The molecule has 5 heteroatoms. The van der Waals surface area contributed by atoms with E-state index in [1.165, 1.54) is 16.7 Å². The van der Waals surface area contributed by atoms with Gasteiger partial charge in [0.25, 0.3) is 5.56 Å². The molecular formula is C29H28N4O. The molecule has 2 aromatic heterocycles. The molecule has 0 bridgehead atoms. The van der Waals surface area contributed by atoms with Crippen LogP contribution in [0.25, 0.3) is 33.5 Å². The predicted octanol–water partition coefficient (Wildman–Crippen LogP) is 6.09. The first kappa shape index (κ1) is 21.8. The van der Waals surface area contributed by atoms with Crippen LogP contribution in [0, 0.1) is 41.5 Å². The standard InChI is InChI=1S/C29H28N4O/c1-17-9-7-8-10-24(17)23-11-12-25(21(5)14-23)32-16-30-27-22(6)31-33(28(27)29(32)34)26-15-19(3)18(2)13-20(26)4/h7-16H,1-6H3. The molecule has 0 saturated carbocycles. The Morgan fingerprint density at radius 1 is 0.706 bits per heavy atom. The van der Waals surface area contributed by atoms with E-state index in [1.807, 2.05) is 39.0 Å². The lowest BCUT2D eigenvalue weighted by Gasteiger charge is -2.13. The zero-order valence-electron chi connectivity index (χ0n) is 20.5. The molecule has 0 aliphatic carbocycles. The van der Waals surface area contributed by atoms with Crippen molar-refractivity contribution in [2.45, 2.75) is 41.5 Å². The highest BCUT2D eigenvalue weighted by Gasteiger charge is 2.19. The fraction of sp³-hybridized carbons (Fsp3) is 0.207. The van der Waals surface area contributed by atoms with Gasteiger partial charge in [0.2, 0.25) is 0 Å². The lowest BCUT2D eigenvalue weighted by atomic mass is 9.98. The number of benzene rings is 3. The van der Waals surface area contributed by atoms with Crippen LogP contribution in [0.2, 0.25) is 0 Å². The summed E-state index contributed by atoms with van der Waals surface area (Å²) in [4.78, 5) is 18.5. The number of nitrogens with zero attached hydrogens (tertiary/aromatic N) is 4. The van der Waals surface area contributed by atoms with E-state index in [0.717, 1.165) is 39.3 Å². The van der Waals surface area contributed by atoms with Gasteiger partial charge >= 0.3 is 0 Å². The lowest BCUT2D eigenvalue weighted by Crippen LogP contribution is -2.22. The molecule has 170 valence electrons. The van der Waals surface area contributed by atoms with Crippen LogP contribution >= 0.6 is 0 Å². The van der Waals surface area contributed by atoms with E-state index in [-0.39, 0.29) is 5.56 Å². The van der Waals surface area contributed by atoms with E-state index in [4.69, 9.17) is 5.10 Å². The number of rotatable bonds is 3. The number of hydrogen-bond donors (Lipinski definition) is 0. The number of aryl methyl sites for hydroxylation is 6. The van der Waals surface area contributed by atoms with Crippen molar-refractivity contribution in [3.63, 3.8) is 0 Å². The lowest BCUT2D eigenvalue weighted by molar-refractivity contribution is 0.864. The van der Waals surface area contributed by atoms with Gasteiger partial charge in [-0.15, -0.1) is 0 Å². The molecule has 0 atom stereocenters. The maximum absolute atomic E-state index is 13.8. The van der Waals surface area contributed by atoms with Crippen LogP contribution in [0.3, 0.4) is 0 Å². The molecule has 0 unspecified atom stereocenters. The van der Waals surface area contributed by atoms with Gasteiger partial charge in [0.15, 0.2) is 5.52 Å². The third-order valence-corrected chi connectivity index (χ3v) is 6.71. The van der Waals surface area contributed by atoms with Crippen molar-refractivity contribution in [2.24, 2.45) is 0 Å². The van der Waals surface area contributed by atoms with Gasteiger partial charge in [-0.05, 0) is 98.7 Å². The largest absolute Gasteiger partial charge is 0.284 e. The van der Waals surface area contributed by atoms with E-state index < -0.39 is 0 Å². The Kier molecular flexibility index (Phi) is 5.20. The van der Waals surface area contributed by atoms with Gasteiger partial charge in [0.1, 0.15) is 11.8 Å². The second-order valence-electron chi connectivity index (χ2n) is 9.15. The molecule has 0 aliphatic heterocycles. The van der Waals surface area contributed by atoms with E-state index in [1.54, 1.807) is 15.6 Å². The predicted molar refractivity (Wildman–Crippen MR) is 138 cm³/mol. The first-order valence-electron chi connectivity index (χ1n) is 11.5. The Hall–Kier alpha value is -3.99. The summed E-state index contributed by atoms with van der Waals surface area (Å²) >= 11 is 0. The van der Waals surface area contributed by atoms with Gasteiger partial charge in [-0.2, -0.15) is 5.10 Å².